The maximum absolute atomic E-state index is 13.1. The van der Waals surface area contributed by atoms with Crippen molar-refractivity contribution >= 4 is 38.4 Å². The number of rotatable bonds is 8. The number of carbonyl (C=O) groups is 2. The second-order valence-corrected chi connectivity index (χ2v) is 11.6. The zero-order valence-corrected chi connectivity index (χ0v) is 21.9. The van der Waals surface area contributed by atoms with Gasteiger partial charge in [-0.2, -0.15) is 4.31 Å². The smallest absolute Gasteiger partial charge is 0.350 e. The first-order valence-corrected chi connectivity index (χ1v) is 14.2. The van der Waals surface area contributed by atoms with Crippen LogP contribution < -0.4 is 5.32 Å². The number of ether oxygens (including phenoxy) is 1. The Labute approximate surface area is 215 Å². The van der Waals surface area contributed by atoms with Crippen LogP contribution in [-0.4, -0.2) is 49.3 Å². The van der Waals surface area contributed by atoms with E-state index in [0.29, 0.717) is 10.6 Å². The zero-order valence-electron chi connectivity index (χ0n) is 20.3. The van der Waals surface area contributed by atoms with Gasteiger partial charge < -0.3 is 4.74 Å². The summed E-state index contributed by atoms with van der Waals surface area (Å²) in [6.07, 6.45) is 4.93. The van der Waals surface area contributed by atoms with Gasteiger partial charge >= 0.3 is 5.97 Å². The second kappa shape index (κ2) is 11.3. The van der Waals surface area contributed by atoms with Crippen LogP contribution in [0.15, 0.2) is 59.5 Å². The third-order valence-electron chi connectivity index (χ3n) is 6.24. The van der Waals surface area contributed by atoms with Crippen molar-refractivity contribution in [1.82, 2.24) is 9.29 Å². The van der Waals surface area contributed by atoms with E-state index in [4.69, 9.17) is 4.74 Å². The number of nitrogens with one attached hydrogen (secondary N) is 1. The number of amides is 1. The number of hydrogen-bond acceptors (Lipinski definition) is 7. The quantitative estimate of drug-likeness (QED) is 0.404. The summed E-state index contributed by atoms with van der Waals surface area (Å²) < 4.78 is 32.8. The number of thiazole rings is 1. The number of nitrogens with zero attached hydrogens (tertiary/aromatic N) is 2. The number of benzene rings is 2. The molecule has 0 radical (unpaired) electrons. The molecule has 0 spiro atoms. The molecule has 4 rings (SSSR count). The first kappa shape index (κ1) is 26.0. The van der Waals surface area contributed by atoms with E-state index >= 15 is 0 Å². The van der Waals surface area contributed by atoms with Gasteiger partial charge in [-0.1, -0.05) is 60.9 Å². The van der Waals surface area contributed by atoms with Crippen LogP contribution in [0.1, 0.15) is 59.1 Å². The van der Waals surface area contributed by atoms with Crippen molar-refractivity contribution in [2.24, 2.45) is 0 Å². The summed E-state index contributed by atoms with van der Waals surface area (Å²) in [6, 6.07) is 15.1. The third-order valence-corrected chi connectivity index (χ3v) is 9.11. The van der Waals surface area contributed by atoms with E-state index in [0.717, 1.165) is 49.0 Å². The molecule has 0 unspecified atom stereocenters. The molecule has 10 heteroatoms. The molecule has 0 bridgehead atoms. The SMILES string of the molecule is CCOC(=O)c1sc(NC(=O)c2ccc(S(=O)(=O)N(C)C3CCCCC3)cc2)nc1-c1ccccc1. The Balaban J connectivity index is 1.52. The van der Waals surface area contributed by atoms with E-state index < -0.39 is 21.9 Å². The molecule has 36 heavy (non-hydrogen) atoms. The Hall–Kier alpha value is -3.08. The predicted octanol–water partition coefficient (Wildman–Crippen LogP) is 5.19. The second-order valence-electron chi connectivity index (χ2n) is 8.57. The lowest BCUT2D eigenvalue weighted by Crippen LogP contribution is -2.38. The van der Waals surface area contributed by atoms with Crippen molar-refractivity contribution in [3.63, 3.8) is 0 Å². The zero-order chi connectivity index (χ0) is 25.7. The highest BCUT2D eigenvalue weighted by Gasteiger charge is 2.29. The van der Waals surface area contributed by atoms with E-state index in [1.807, 2.05) is 30.3 Å². The molecule has 1 aliphatic carbocycles. The average molecular weight is 528 g/mol. The molecular formula is C26H29N3O5S2. The molecule has 3 aromatic rings. The minimum atomic E-state index is -3.65. The lowest BCUT2D eigenvalue weighted by Gasteiger charge is -2.30. The number of carbonyl (C=O) groups excluding carboxylic acids is 2. The Morgan fingerprint density at radius 2 is 1.72 bits per heavy atom. The lowest BCUT2D eigenvalue weighted by atomic mass is 9.96. The van der Waals surface area contributed by atoms with E-state index in [2.05, 4.69) is 10.3 Å². The molecule has 190 valence electrons. The molecular weight excluding hydrogens is 498 g/mol. The van der Waals surface area contributed by atoms with E-state index in [-0.39, 0.29) is 28.2 Å². The van der Waals surface area contributed by atoms with Gasteiger partial charge in [0.15, 0.2) is 5.13 Å². The highest BCUT2D eigenvalue weighted by Crippen LogP contribution is 2.32. The first-order valence-electron chi connectivity index (χ1n) is 11.9. The summed E-state index contributed by atoms with van der Waals surface area (Å²) in [6.45, 7) is 1.94. The van der Waals surface area contributed by atoms with Crippen LogP contribution in [0.2, 0.25) is 0 Å². The van der Waals surface area contributed by atoms with Gasteiger partial charge in [-0.05, 0) is 44.0 Å². The Kier molecular flexibility index (Phi) is 8.17. The number of hydrogen-bond donors (Lipinski definition) is 1. The third kappa shape index (κ3) is 5.66. The largest absolute Gasteiger partial charge is 0.462 e. The minimum absolute atomic E-state index is 0.00373. The van der Waals surface area contributed by atoms with Gasteiger partial charge in [-0.15, -0.1) is 0 Å². The summed E-state index contributed by atoms with van der Waals surface area (Å²) in [5.41, 5.74) is 1.44. The van der Waals surface area contributed by atoms with Crippen molar-refractivity contribution in [2.75, 3.05) is 19.0 Å². The fourth-order valence-corrected chi connectivity index (χ4v) is 6.55. The van der Waals surface area contributed by atoms with Crippen molar-refractivity contribution in [3.8, 4) is 11.3 Å². The monoisotopic (exact) mass is 527 g/mol. The van der Waals surface area contributed by atoms with Crippen molar-refractivity contribution < 1.29 is 22.7 Å². The van der Waals surface area contributed by atoms with Gasteiger partial charge in [-0.3, -0.25) is 10.1 Å². The number of sulfonamides is 1. The van der Waals surface area contributed by atoms with Gasteiger partial charge in [0, 0.05) is 24.2 Å². The molecule has 8 nitrogen and oxygen atoms in total. The number of esters is 1. The van der Waals surface area contributed by atoms with Gasteiger partial charge in [0.25, 0.3) is 5.91 Å². The fourth-order valence-electron chi connectivity index (χ4n) is 4.26. The van der Waals surface area contributed by atoms with Gasteiger partial charge in [0.1, 0.15) is 4.88 Å². The standard InChI is InChI=1S/C26H29N3O5S2/c1-3-34-25(31)23-22(18-10-6-4-7-11-18)27-26(35-23)28-24(30)19-14-16-21(17-15-19)36(32,33)29(2)20-12-8-5-9-13-20/h4,6-7,10-11,14-17,20H,3,5,8-9,12-13H2,1-2H3,(H,27,28,30). The molecule has 0 saturated heterocycles. The molecule has 1 heterocycles. The van der Waals surface area contributed by atoms with Gasteiger partial charge in [0.05, 0.1) is 17.2 Å². The highest BCUT2D eigenvalue weighted by molar-refractivity contribution is 7.89. The molecule has 0 aliphatic heterocycles. The van der Waals surface area contributed by atoms with Gasteiger partial charge in [-0.25, -0.2) is 18.2 Å². The number of anilines is 1. The van der Waals surface area contributed by atoms with Crippen LogP contribution in [0.5, 0.6) is 0 Å². The normalized spacial score (nSPS) is 14.5. The van der Waals surface area contributed by atoms with Crippen LogP contribution in [0, 0.1) is 0 Å². The minimum Gasteiger partial charge on any atom is -0.462 e. The Bertz CT molecular complexity index is 1320. The van der Waals surface area contributed by atoms with Crippen LogP contribution in [0.4, 0.5) is 5.13 Å². The molecule has 2 aromatic carbocycles. The topological polar surface area (TPSA) is 106 Å². The lowest BCUT2D eigenvalue weighted by molar-refractivity contribution is 0.0532. The van der Waals surface area contributed by atoms with E-state index in [1.165, 1.54) is 28.6 Å². The molecule has 1 aromatic heterocycles. The van der Waals surface area contributed by atoms with Gasteiger partial charge in [0.2, 0.25) is 10.0 Å². The average Bonchev–Trinajstić information content (AvgIpc) is 3.33. The molecule has 1 N–H and O–H groups in total. The summed E-state index contributed by atoms with van der Waals surface area (Å²) in [4.78, 5) is 30.3. The maximum Gasteiger partial charge on any atom is 0.350 e. The van der Waals surface area contributed by atoms with Crippen molar-refractivity contribution in [3.05, 3.63) is 65.0 Å². The molecule has 1 saturated carbocycles. The summed E-state index contributed by atoms with van der Waals surface area (Å²) >= 11 is 1.03. The summed E-state index contributed by atoms with van der Waals surface area (Å²) in [5.74, 6) is -0.964. The Morgan fingerprint density at radius 3 is 2.36 bits per heavy atom. The van der Waals surface area contributed by atoms with Crippen LogP contribution in [0.3, 0.4) is 0 Å². The molecule has 1 fully saturated rings. The summed E-state index contributed by atoms with van der Waals surface area (Å²) in [5, 5.41) is 2.97. The molecule has 0 atom stereocenters. The van der Waals surface area contributed by atoms with Crippen molar-refractivity contribution in [1.29, 1.82) is 0 Å². The first-order chi connectivity index (χ1) is 17.3. The van der Waals surface area contributed by atoms with Crippen LogP contribution in [0.25, 0.3) is 11.3 Å². The van der Waals surface area contributed by atoms with Crippen molar-refractivity contribution in [2.45, 2.75) is 50.0 Å². The van der Waals surface area contributed by atoms with E-state index in [9.17, 15) is 18.0 Å². The fraction of sp³-hybridized carbons (Fsp3) is 0.346. The van der Waals surface area contributed by atoms with Crippen LogP contribution >= 0.6 is 11.3 Å². The number of aromatic nitrogens is 1. The van der Waals surface area contributed by atoms with Crippen LogP contribution in [-0.2, 0) is 14.8 Å². The molecule has 1 amide bonds. The highest BCUT2D eigenvalue weighted by atomic mass is 32.2. The molecule has 1 aliphatic rings. The van der Waals surface area contributed by atoms with E-state index in [1.54, 1.807) is 14.0 Å². The predicted molar refractivity (Wildman–Crippen MR) is 140 cm³/mol. The maximum atomic E-state index is 13.1. The Morgan fingerprint density at radius 1 is 1.06 bits per heavy atom. The summed E-state index contributed by atoms with van der Waals surface area (Å²) in [7, 11) is -2.02.